The summed E-state index contributed by atoms with van der Waals surface area (Å²) in [6.45, 7) is 1.58. The molecule has 2 aromatic carbocycles. The van der Waals surface area contributed by atoms with Gasteiger partial charge in [0, 0.05) is 42.9 Å². The minimum absolute atomic E-state index is 0.0726. The molecule has 1 fully saturated rings. The van der Waals surface area contributed by atoms with Gasteiger partial charge in [-0.1, -0.05) is 6.42 Å². The standard InChI is InChI=1S/C23H25N5O3S/c29-22-6-4-16-27(22)19-11-13-20(14-12-19)32(30,31)26-18-9-7-17(8-10-18)23-25-24-21-5-2-1-3-15-28(21)23/h7-14,26H,1-6,15-16H2. The fourth-order valence-corrected chi connectivity index (χ4v) is 5.39. The Morgan fingerprint density at radius 3 is 2.31 bits per heavy atom. The Balaban J connectivity index is 1.32. The zero-order chi connectivity index (χ0) is 22.1. The summed E-state index contributed by atoms with van der Waals surface area (Å²) >= 11 is 0. The molecule has 2 aliphatic rings. The smallest absolute Gasteiger partial charge is 0.261 e. The average Bonchev–Trinajstić information content (AvgIpc) is 3.33. The monoisotopic (exact) mass is 451 g/mol. The topological polar surface area (TPSA) is 97.2 Å². The van der Waals surface area contributed by atoms with E-state index in [4.69, 9.17) is 0 Å². The maximum atomic E-state index is 12.8. The second-order valence-electron chi connectivity index (χ2n) is 8.23. The van der Waals surface area contributed by atoms with Crippen LogP contribution in [0.1, 0.15) is 37.9 Å². The molecule has 32 heavy (non-hydrogen) atoms. The van der Waals surface area contributed by atoms with Crippen LogP contribution in [0, 0.1) is 0 Å². The van der Waals surface area contributed by atoms with Crippen molar-refractivity contribution < 1.29 is 13.2 Å². The number of nitrogens with one attached hydrogen (secondary N) is 1. The van der Waals surface area contributed by atoms with Crippen molar-refractivity contribution in [3.63, 3.8) is 0 Å². The van der Waals surface area contributed by atoms with Gasteiger partial charge in [-0.25, -0.2) is 8.42 Å². The predicted molar refractivity (Wildman–Crippen MR) is 122 cm³/mol. The molecule has 0 atom stereocenters. The lowest BCUT2D eigenvalue weighted by Crippen LogP contribution is -2.23. The number of aromatic nitrogens is 3. The number of hydrogen-bond donors (Lipinski definition) is 1. The highest BCUT2D eigenvalue weighted by molar-refractivity contribution is 7.92. The van der Waals surface area contributed by atoms with Crippen LogP contribution in [0.2, 0.25) is 0 Å². The van der Waals surface area contributed by atoms with E-state index in [2.05, 4.69) is 19.5 Å². The van der Waals surface area contributed by atoms with Crippen molar-refractivity contribution >= 4 is 27.3 Å². The van der Waals surface area contributed by atoms with E-state index in [1.165, 1.54) is 18.6 Å². The third kappa shape index (κ3) is 4.00. The summed E-state index contributed by atoms with van der Waals surface area (Å²) in [5, 5.41) is 8.69. The Morgan fingerprint density at radius 1 is 0.812 bits per heavy atom. The molecule has 0 saturated carbocycles. The Hall–Kier alpha value is -3.20. The first kappa shape index (κ1) is 20.7. The maximum Gasteiger partial charge on any atom is 0.261 e. The van der Waals surface area contributed by atoms with Gasteiger partial charge in [0.15, 0.2) is 5.82 Å². The highest BCUT2D eigenvalue weighted by atomic mass is 32.2. The molecule has 1 amide bonds. The maximum absolute atomic E-state index is 12.8. The lowest BCUT2D eigenvalue weighted by molar-refractivity contribution is -0.117. The van der Waals surface area contributed by atoms with E-state index in [0.29, 0.717) is 18.7 Å². The predicted octanol–water partition coefficient (Wildman–Crippen LogP) is 3.60. The number of sulfonamides is 1. The summed E-state index contributed by atoms with van der Waals surface area (Å²) in [4.78, 5) is 13.7. The summed E-state index contributed by atoms with van der Waals surface area (Å²) in [6.07, 6.45) is 5.74. The number of carbonyl (C=O) groups is 1. The van der Waals surface area contributed by atoms with E-state index in [0.717, 1.165) is 55.1 Å². The van der Waals surface area contributed by atoms with Crippen LogP contribution in [0.25, 0.3) is 11.4 Å². The third-order valence-corrected chi connectivity index (χ3v) is 7.43. The molecule has 1 aromatic heterocycles. The molecule has 1 N–H and O–H groups in total. The molecule has 0 aliphatic carbocycles. The van der Waals surface area contributed by atoms with Crippen molar-refractivity contribution in [2.24, 2.45) is 0 Å². The molecule has 8 nitrogen and oxygen atoms in total. The number of fused-ring (bicyclic) bond motifs is 1. The normalized spacial score (nSPS) is 16.6. The van der Waals surface area contributed by atoms with Gasteiger partial charge in [-0.05, 0) is 67.8 Å². The van der Waals surface area contributed by atoms with Gasteiger partial charge in [-0.3, -0.25) is 9.52 Å². The van der Waals surface area contributed by atoms with Crippen molar-refractivity contribution in [2.75, 3.05) is 16.2 Å². The molecule has 1 saturated heterocycles. The van der Waals surface area contributed by atoms with Crippen LogP contribution >= 0.6 is 0 Å². The number of aryl methyl sites for hydroxylation is 1. The first-order valence-corrected chi connectivity index (χ1v) is 12.5. The van der Waals surface area contributed by atoms with Gasteiger partial charge in [-0.2, -0.15) is 0 Å². The van der Waals surface area contributed by atoms with Crippen molar-refractivity contribution in [1.29, 1.82) is 0 Å². The van der Waals surface area contributed by atoms with E-state index < -0.39 is 10.0 Å². The number of rotatable bonds is 5. The highest BCUT2D eigenvalue weighted by Gasteiger charge is 2.23. The van der Waals surface area contributed by atoms with Crippen molar-refractivity contribution in [2.45, 2.75) is 50.0 Å². The molecule has 3 aromatic rings. The second kappa shape index (κ2) is 8.38. The molecular formula is C23H25N5O3S. The van der Waals surface area contributed by atoms with E-state index in [1.807, 2.05) is 12.1 Å². The van der Waals surface area contributed by atoms with Crippen molar-refractivity contribution in [3.8, 4) is 11.4 Å². The van der Waals surface area contributed by atoms with Crippen molar-refractivity contribution in [3.05, 3.63) is 54.4 Å². The van der Waals surface area contributed by atoms with Gasteiger partial charge >= 0.3 is 0 Å². The fourth-order valence-electron chi connectivity index (χ4n) is 4.33. The van der Waals surface area contributed by atoms with E-state index in [9.17, 15) is 13.2 Å². The summed E-state index contributed by atoms with van der Waals surface area (Å²) < 4.78 is 30.4. The Morgan fingerprint density at radius 2 is 1.59 bits per heavy atom. The van der Waals surface area contributed by atoms with Gasteiger partial charge in [-0.15, -0.1) is 10.2 Å². The molecule has 166 valence electrons. The van der Waals surface area contributed by atoms with Gasteiger partial charge in [0.05, 0.1) is 4.90 Å². The Labute approximate surface area is 187 Å². The van der Waals surface area contributed by atoms with Gasteiger partial charge < -0.3 is 9.47 Å². The van der Waals surface area contributed by atoms with Gasteiger partial charge in [0.2, 0.25) is 5.91 Å². The van der Waals surface area contributed by atoms with E-state index >= 15 is 0 Å². The number of carbonyl (C=O) groups excluding carboxylic acids is 1. The molecule has 0 spiro atoms. The zero-order valence-electron chi connectivity index (χ0n) is 17.7. The van der Waals surface area contributed by atoms with E-state index in [1.54, 1.807) is 29.2 Å². The minimum atomic E-state index is -3.74. The number of hydrogen-bond acceptors (Lipinski definition) is 5. The largest absolute Gasteiger partial charge is 0.312 e. The molecule has 0 bridgehead atoms. The third-order valence-electron chi connectivity index (χ3n) is 6.04. The molecule has 0 radical (unpaired) electrons. The fraction of sp³-hybridized carbons (Fsp3) is 0.348. The summed E-state index contributed by atoms with van der Waals surface area (Å²) in [6, 6.07) is 13.6. The van der Waals surface area contributed by atoms with E-state index in [-0.39, 0.29) is 10.8 Å². The van der Waals surface area contributed by atoms with Crippen LogP contribution < -0.4 is 9.62 Å². The first-order valence-electron chi connectivity index (χ1n) is 11.0. The van der Waals surface area contributed by atoms with Crippen LogP contribution in [0.4, 0.5) is 11.4 Å². The SMILES string of the molecule is O=C1CCCN1c1ccc(S(=O)(=O)Nc2ccc(-c3nnc4n3CCCCC4)cc2)cc1. The van der Waals surface area contributed by atoms with Crippen LogP contribution in [-0.2, 0) is 27.8 Å². The number of anilines is 2. The summed E-state index contributed by atoms with van der Waals surface area (Å²) in [7, 11) is -3.74. The van der Waals surface area contributed by atoms with Gasteiger partial charge in [0.1, 0.15) is 5.82 Å². The quantitative estimate of drug-likeness (QED) is 0.639. The average molecular weight is 452 g/mol. The summed E-state index contributed by atoms with van der Waals surface area (Å²) in [5.41, 5.74) is 2.11. The first-order chi connectivity index (χ1) is 15.5. The zero-order valence-corrected chi connectivity index (χ0v) is 18.5. The summed E-state index contributed by atoms with van der Waals surface area (Å²) in [5.74, 6) is 1.91. The van der Waals surface area contributed by atoms with Crippen LogP contribution in [-0.4, -0.2) is 35.6 Å². The Bertz CT molecular complexity index is 1230. The Kier molecular flexibility index (Phi) is 5.42. The molecule has 5 rings (SSSR count). The van der Waals surface area contributed by atoms with Crippen LogP contribution in [0.5, 0.6) is 0 Å². The molecule has 0 unspecified atom stereocenters. The van der Waals surface area contributed by atoms with Crippen molar-refractivity contribution in [1.82, 2.24) is 14.8 Å². The highest BCUT2D eigenvalue weighted by Crippen LogP contribution is 2.26. The number of nitrogens with zero attached hydrogens (tertiary/aromatic N) is 4. The van der Waals surface area contributed by atoms with Crippen LogP contribution in [0.3, 0.4) is 0 Å². The number of benzene rings is 2. The lowest BCUT2D eigenvalue weighted by Gasteiger charge is -2.16. The van der Waals surface area contributed by atoms with Crippen LogP contribution in [0.15, 0.2) is 53.4 Å². The lowest BCUT2D eigenvalue weighted by atomic mass is 10.2. The molecule has 3 heterocycles. The minimum Gasteiger partial charge on any atom is -0.312 e. The number of amides is 1. The molecular weight excluding hydrogens is 426 g/mol. The van der Waals surface area contributed by atoms with Gasteiger partial charge in [0.25, 0.3) is 10.0 Å². The molecule has 2 aliphatic heterocycles. The second-order valence-corrected chi connectivity index (χ2v) is 9.91. The molecule has 9 heteroatoms.